The molecule has 1 atom stereocenters. The lowest BCUT2D eigenvalue weighted by Crippen LogP contribution is -2.38. The minimum atomic E-state index is 0.0110. The molecule has 2 rings (SSSR count). The first kappa shape index (κ1) is 16.4. The molecule has 0 aliphatic heterocycles. The molecule has 116 valence electrons. The van der Waals surface area contributed by atoms with Gasteiger partial charge in [0.1, 0.15) is 5.75 Å². The van der Waals surface area contributed by atoms with E-state index in [-0.39, 0.29) is 11.9 Å². The summed E-state index contributed by atoms with van der Waals surface area (Å²) >= 11 is 11.8. The minimum Gasteiger partial charge on any atom is -0.492 e. The van der Waals surface area contributed by atoms with E-state index in [1.54, 1.807) is 18.2 Å². The Morgan fingerprint density at radius 3 is 2.86 bits per heavy atom. The summed E-state index contributed by atoms with van der Waals surface area (Å²) in [5, 5.41) is 3.90. The van der Waals surface area contributed by atoms with Gasteiger partial charge in [0.25, 0.3) is 0 Å². The van der Waals surface area contributed by atoms with E-state index in [1.165, 1.54) is 12.8 Å². The average molecular weight is 331 g/mol. The molecule has 1 amide bonds. The minimum absolute atomic E-state index is 0.0110. The van der Waals surface area contributed by atoms with Crippen molar-refractivity contribution in [2.24, 2.45) is 11.7 Å². The summed E-state index contributed by atoms with van der Waals surface area (Å²) in [5.74, 6) is 1.19. The van der Waals surface area contributed by atoms with E-state index in [0.29, 0.717) is 47.7 Å². The van der Waals surface area contributed by atoms with Gasteiger partial charge in [-0.2, -0.15) is 0 Å². The lowest BCUT2D eigenvalue weighted by Gasteiger charge is -2.12. The van der Waals surface area contributed by atoms with Crippen molar-refractivity contribution in [3.63, 3.8) is 0 Å². The zero-order valence-electron chi connectivity index (χ0n) is 11.8. The van der Waals surface area contributed by atoms with Gasteiger partial charge in [0.2, 0.25) is 5.91 Å². The number of carbonyl (C=O) groups excluding carboxylic acids is 1. The maximum atomic E-state index is 11.6. The SMILES string of the molecule is NC(CNC(=O)CCCOc1ccc(Cl)cc1Cl)C1CC1. The number of amides is 1. The normalized spacial score (nSPS) is 15.6. The lowest BCUT2D eigenvalue weighted by atomic mass is 10.2. The summed E-state index contributed by atoms with van der Waals surface area (Å²) in [6.07, 6.45) is 3.42. The zero-order valence-corrected chi connectivity index (χ0v) is 13.3. The van der Waals surface area contributed by atoms with Crippen LogP contribution in [0.3, 0.4) is 0 Å². The van der Waals surface area contributed by atoms with Crippen molar-refractivity contribution in [1.82, 2.24) is 5.32 Å². The van der Waals surface area contributed by atoms with Crippen LogP contribution in [0, 0.1) is 5.92 Å². The molecule has 1 saturated carbocycles. The molecule has 0 aromatic heterocycles. The van der Waals surface area contributed by atoms with Crippen LogP contribution < -0.4 is 15.8 Å². The molecule has 21 heavy (non-hydrogen) atoms. The monoisotopic (exact) mass is 330 g/mol. The highest BCUT2D eigenvalue weighted by Gasteiger charge is 2.28. The van der Waals surface area contributed by atoms with Crippen LogP contribution in [-0.4, -0.2) is 25.1 Å². The Labute approximate surface area is 134 Å². The molecule has 1 fully saturated rings. The number of benzene rings is 1. The molecule has 0 radical (unpaired) electrons. The molecule has 0 spiro atoms. The zero-order chi connectivity index (χ0) is 15.2. The first-order chi connectivity index (χ1) is 10.1. The fraction of sp³-hybridized carbons (Fsp3) is 0.533. The Hall–Kier alpha value is -0.970. The molecule has 6 heteroatoms. The first-order valence-corrected chi connectivity index (χ1v) is 7.92. The number of nitrogens with two attached hydrogens (primary N) is 1. The summed E-state index contributed by atoms with van der Waals surface area (Å²) in [5.41, 5.74) is 5.92. The second kappa shape index (κ2) is 7.87. The van der Waals surface area contributed by atoms with E-state index < -0.39 is 0 Å². The molecule has 1 aliphatic rings. The lowest BCUT2D eigenvalue weighted by molar-refractivity contribution is -0.121. The predicted octanol–water partition coefficient (Wildman–Crippen LogP) is 3.01. The van der Waals surface area contributed by atoms with Gasteiger partial charge in [-0.1, -0.05) is 23.2 Å². The van der Waals surface area contributed by atoms with Gasteiger partial charge in [-0.25, -0.2) is 0 Å². The van der Waals surface area contributed by atoms with Crippen molar-refractivity contribution in [2.45, 2.75) is 31.7 Å². The highest BCUT2D eigenvalue weighted by Crippen LogP contribution is 2.31. The van der Waals surface area contributed by atoms with Crippen LogP contribution in [-0.2, 0) is 4.79 Å². The molecular weight excluding hydrogens is 311 g/mol. The molecule has 3 N–H and O–H groups in total. The third-order valence-corrected chi connectivity index (χ3v) is 3.99. The summed E-state index contributed by atoms with van der Waals surface area (Å²) in [6, 6.07) is 5.16. The first-order valence-electron chi connectivity index (χ1n) is 7.16. The standard InChI is InChI=1S/C15H20Cl2N2O2/c16-11-5-6-14(12(17)8-11)21-7-1-2-15(20)19-9-13(18)10-3-4-10/h5-6,8,10,13H,1-4,7,9,18H2,(H,19,20). The van der Waals surface area contributed by atoms with Gasteiger partial charge in [-0.05, 0) is 43.4 Å². The van der Waals surface area contributed by atoms with Crippen LogP contribution >= 0.6 is 23.2 Å². The van der Waals surface area contributed by atoms with Crippen molar-refractivity contribution >= 4 is 29.1 Å². The number of nitrogens with one attached hydrogen (secondary N) is 1. The van der Waals surface area contributed by atoms with Gasteiger partial charge in [0, 0.05) is 24.0 Å². The summed E-state index contributed by atoms with van der Waals surface area (Å²) in [7, 11) is 0. The van der Waals surface area contributed by atoms with Crippen molar-refractivity contribution < 1.29 is 9.53 Å². The molecule has 1 aliphatic carbocycles. The summed E-state index contributed by atoms with van der Waals surface area (Å²) < 4.78 is 5.52. The Balaban J connectivity index is 1.59. The predicted molar refractivity (Wildman–Crippen MR) is 84.9 cm³/mol. The van der Waals surface area contributed by atoms with E-state index >= 15 is 0 Å². The van der Waals surface area contributed by atoms with Crippen LogP contribution in [0.5, 0.6) is 5.75 Å². The van der Waals surface area contributed by atoms with Crippen LogP contribution in [0.15, 0.2) is 18.2 Å². The van der Waals surface area contributed by atoms with Gasteiger partial charge in [-0.3, -0.25) is 4.79 Å². The Kier molecular flexibility index (Phi) is 6.15. The topological polar surface area (TPSA) is 64.3 Å². The fourth-order valence-corrected chi connectivity index (χ4v) is 2.48. The Morgan fingerprint density at radius 1 is 1.43 bits per heavy atom. The Morgan fingerprint density at radius 2 is 2.19 bits per heavy atom. The van der Waals surface area contributed by atoms with E-state index in [9.17, 15) is 4.79 Å². The molecule has 1 aromatic rings. The maximum Gasteiger partial charge on any atom is 0.220 e. The number of halogens is 2. The third kappa shape index (κ3) is 5.73. The number of ether oxygens (including phenoxy) is 1. The number of rotatable bonds is 8. The van der Waals surface area contributed by atoms with Crippen molar-refractivity contribution in [3.05, 3.63) is 28.2 Å². The fourth-order valence-electron chi connectivity index (χ4n) is 2.02. The quantitative estimate of drug-likeness (QED) is 0.720. The molecule has 4 nitrogen and oxygen atoms in total. The molecule has 1 aromatic carbocycles. The van der Waals surface area contributed by atoms with E-state index in [2.05, 4.69) is 5.32 Å². The number of carbonyl (C=O) groups is 1. The van der Waals surface area contributed by atoms with Crippen molar-refractivity contribution in [2.75, 3.05) is 13.2 Å². The summed E-state index contributed by atoms with van der Waals surface area (Å²) in [6.45, 7) is 0.997. The van der Waals surface area contributed by atoms with E-state index in [1.807, 2.05) is 0 Å². The van der Waals surface area contributed by atoms with Crippen LogP contribution in [0.25, 0.3) is 0 Å². The smallest absolute Gasteiger partial charge is 0.220 e. The van der Waals surface area contributed by atoms with Crippen molar-refractivity contribution in [3.8, 4) is 5.75 Å². The molecule has 0 saturated heterocycles. The van der Waals surface area contributed by atoms with E-state index in [4.69, 9.17) is 33.7 Å². The molecule has 0 heterocycles. The van der Waals surface area contributed by atoms with Crippen LogP contribution in [0.1, 0.15) is 25.7 Å². The van der Waals surface area contributed by atoms with Gasteiger partial charge in [0.05, 0.1) is 11.6 Å². The van der Waals surface area contributed by atoms with Gasteiger partial charge >= 0.3 is 0 Å². The van der Waals surface area contributed by atoms with Gasteiger partial charge in [0.15, 0.2) is 0 Å². The third-order valence-electron chi connectivity index (χ3n) is 3.46. The number of hydrogen-bond acceptors (Lipinski definition) is 3. The second-order valence-corrected chi connectivity index (χ2v) is 6.18. The Bertz CT molecular complexity index is 493. The average Bonchev–Trinajstić information content (AvgIpc) is 3.27. The van der Waals surface area contributed by atoms with Gasteiger partial charge in [-0.15, -0.1) is 0 Å². The van der Waals surface area contributed by atoms with Crippen LogP contribution in [0.4, 0.5) is 0 Å². The highest BCUT2D eigenvalue weighted by atomic mass is 35.5. The van der Waals surface area contributed by atoms with E-state index in [0.717, 1.165) is 0 Å². The summed E-state index contributed by atoms with van der Waals surface area (Å²) in [4.78, 5) is 11.6. The van der Waals surface area contributed by atoms with Crippen LogP contribution in [0.2, 0.25) is 10.0 Å². The largest absolute Gasteiger partial charge is 0.492 e. The maximum absolute atomic E-state index is 11.6. The number of hydrogen-bond donors (Lipinski definition) is 2. The molecule has 1 unspecified atom stereocenters. The molecule has 0 bridgehead atoms. The highest BCUT2D eigenvalue weighted by molar-refractivity contribution is 6.35. The van der Waals surface area contributed by atoms with Gasteiger partial charge < -0.3 is 15.8 Å². The molecular formula is C15H20Cl2N2O2. The second-order valence-electron chi connectivity index (χ2n) is 5.33. The van der Waals surface area contributed by atoms with Crippen molar-refractivity contribution in [1.29, 1.82) is 0 Å².